The smallest absolute Gasteiger partial charge is 0.322 e. The van der Waals surface area contributed by atoms with Crippen LogP contribution in [0.15, 0.2) is 12.1 Å². The van der Waals surface area contributed by atoms with Gasteiger partial charge in [-0.3, -0.25) is 9.48 Å². The molecular formula is C21H24F3N5O3. The molecule has 8 nitrogen and oxygen atoms in total. The highest BCUT2D eigenvalue weighted by Crippen LogP contribution is 2.28. The van der Waals surface area contributed by atoms with Gasteiger partial charge in [-0.05, 0) is 6.42 Å². The quantitative estimate of drug-likeness (QED) is 0.701. The molecule has 0 unspecified atom stereocenters. The predicted octanol–water partition coefficient (Wildman–Crippen LogP) is 2.36. The van der Waals surface area contributed by atoms with Crippen molar-refractivity contribution in [3.63, 3.8) is 0 Å². The molecule has 2 aromatic rings. The molecule has 4 rings (SSSR count). The zero-order valence-corrected chi connectivity index (χ0v) is 17.7. The van der Waals surface area contributed by atoms with Crippen LogP contribution in [-0.4, -0.2) is 62.9 Å². The molecule has 11 heteroatoms. The Morgan fingerprint density at radius 2 is 1.97 bits per heavy atom. The fourth-order valence-corrected chi connectivity index (χ4v) is 4.27. The number of carbonyl (C=O) groups is 2. The first kappa shape index (κ1) is 22.1. The standard InChI is InChI=1S/C21H24F3N5O3/c1-3-17(30)11-8-27(2)20(31)19-13-10-28(5-4-16(13)26-29(19)9-11)21(32)25-12-6-14(22)18(24)15(23)7-12/h6-7,11,17,30H,3-5,8-10H2,1-2H3,(H,25,32)/t11-,17+/m1/s1. The van der Waals surface area contributed by atoms with Crippen LogP contribution in [0.1, 0.15) is 35.1 Å². The van der Waals surface area contributed by atoms with Crippen LogP contribution in [0.2, 0.25) is 0 Å². The van der Waals surface area contributed by atoms with Crippen LogP contribution in [-0.2, 0) is 19.5 Å². The Labute approximate surface area is 182 Å². The molecule has 2 aliphatic rings. The van der Waals surface area contributed by atoms with Crippen molar-refractivity contribution in [3.05, 3.63) is 46.5 Å². The SMILES string of the molecule is CC[C@H](O)[C@@H]1CN(C)C(=O)c2c3c(nn2C1)CCN(C(=O)Nc1cc(F)c(F)c(F)c1)C3. The number of hydrogen-bond donors (Lipinski definition) is 2. The highest BCUT2D eigenvalue weighted by Gasteiger charge is 2.36. The topological polar surface area (TPSA) is 90.7 Å². The van der Waals surface area contributed by atoms with Crippen LogP contribution in [0.5, 0.6) is 0 Å². The number of fused-ring (bicyclic) bond motifs is 3. The van der Waals surface area contributed by atoms with Crippen LogP contribution in [0.3, 0.4) is 0 Å². The number of amides is 3. The Bertz CT molecular complexity index is 1050. The van der Waals surface area contributed by atoms with Crippen molar-refractivity contribution in [2.24, 2.45) is 5.92 Å². The lowest BCUT2D eigenvalue weighted by atomic mass is 10.0. The van der Waals surface area contributed by atoms with Gasteiger partial charge in [0.1, 0.15) is 5.69 Å². The number of halogens is 3. The van der Waals surface area contributed by atoms with Crippen molar-refractivity contribution < 1.29 is 27.9 Å². The van der Waals surface area contributed by atoms with E-state index in [9.17, 15) is 27.9 Å². The van der Waals surface area contributed by atoms with Crippen molar-refractivity contribution in [2.75, 3.05) is 25.5 Å². The summed E-state index contributed by atoms with van der Waals surface area (Å²) in [5.41, 5.74) is 1.49. The molecule has 0 aliphatic carbocycles. The number of aromatic nitrogens is 2. The molecule has 3 amide bonds. The predicted molar refractivity (Wildman–Crippen MR) is 108 cm³/mol. The first-order valence-corrected chi connectivity index (χ1v) is 10.4. The van der Waals surface area contributed by atoms with Gasteiger partial charge in [0.25, 0.3) is 5.91 Å². The van der Waals surface area contributed by atoms with E-state index in [1.807, 2.05) is 6.92 Å². The van der Waals surface area contributed by atoms with E-state index < -0.39 is 29.6 Å². The molecule has 1 aromatic heterocycles. The third-order valence-corrected chi connectivity index (χ3v) is 6.05. The zero-order chi connectivity index (χ0) is 23.2. The fourth-order valence-electron chi connectivity index (χ4n) is 4.27. The first-order chi connectivity index (χ1) is 15.2. The van der Waals surface area contributed by atoms with Gasteiger partial charge in [0.15, 0.2) is 17.5 Å². The van der Waals surface area contributed by atoms with Crippen LogP contribution < -0.4 is 5.32 Å². The van der Waals surface area contributed by atoms with Gasteiger partial charge in [0.05, 0.1) is 18.3 Å². The van der Waals surface area contributed by atoms with E-state index in [0.29, 0.717) is 55.0 Å². The van der Waals surface area contributed by atoms with E-state index in [4.69, 9.17) is 0 Å². The van der Waals surface area contributed by atoms with E-state index in [1.54, 1.807) is 16.6 Å². The summed E-state index contributed by atoms with van der Waals surface area (Å²) in [6, 6.07) is 0.777. The Morgan fingerprint density at radius 1 is 1.28 bits per heavy atom. The number of benzene rings is 1. The first-order valence-electron chi connectivity index (χ1n) is 10.4. The molecule has 3 heterocycles. The number of urea groups is 1. The second-order valence-corrected chi connectivity index (χ2v) is 8.23. The molecule has 172 valence electrons. The van der Waals surface area contributed by atoms with Gasteiger partial charge in [-0.2, -0.15) is 5.10 Å². The maximum atomic E-state index is 13.5. The van der Waals surface area contributed by atoms with Crippen molar-refractivity contribution in [2.45, 2.75) is 39.0 Å². The number of nitrogens with one attached hydrogen (secondary N) is 1. The minimum atomic E-state index is -1.61. The Hall–Kier alpha value is -3.08. The lowest BCUT2D eigenvalue weighted by Crippen LogP contribution is -2.40. The molecule has 2 aliphatic heterocycles. The largest absolute Gasteiger partial charge is 0.393 e. The molecule has 1 aromatic carbocycles. The maximum Gasteiger partial charge on any atom is 0.322 e. The van der Waals surface area contributed by atoms with Crippen molar-refractivity contribution in [3.8, 4) is 0 Å². The Kier molecular flexibility index (Phi) is 5.85. The number of aliphatic hydroxyl groups excluding tert-OH is 1. The van der Waals surface area contributed by atoms with Gasteiger partial charge in [-0.25, -0.2) is 18.0 Å². The van der Waals surface area contributed by atoms with E-state index in [-0.39, 0.29) is 30.6 Å². The minimum Gasteiger partial charge on any atom is -0.393 e. The van der Waals surface area contributed by atoms with E-state index in [1.165, 1.54) is 4.90 Å². The molecular weight excluding hydrogens is 427 g/mol. The Morgan fingerprint density at radius 3 is 2.62 bits per heavy atom. The second-order valence-electron chi connectivity index (χ2n) is 8.23. The summed E-state index contributed by atoms with van der Waals surface area (Å²) in [6.45, 7) is 3.02. The van der Waals surface area contributed by atoms with Gasteiger partial charge in [0, 0.05) is 62.4 Å². The number of carbonyl (C=O) groups excluding carboxylic acids is 2. The molecule has 0 spiro atoms. The summed E-state index contributed by atoms with van der Waals surface area (Å²) in [7, 11) is 1.66. The zero-order valence-electron chi connectivity index (χ0n) is 17.7. The third-order valence-electron chi connectivity index (χ3n) is 6.05. The minimum absolute atomic E-state index is 0.0865. The summed E-state index contributed by atoms with van der Waals surface area (Å²) >= 11 is 0. The van der Waals surface area contributed by atoms with Crippen molar-refractivity contribution in [1.82, 2.24) is 19.6 Å². The van der Waals surface area contributed by atoms with Crippen LogP contribution >= 0.6 is 0 Å². The van der Waals surface area contributed by atoms with E-state index in [2.05, 4.69) is 10.4 Å². The van der Waals surface area contributed by atoms with Crippen molar-refractivity contribution in [1.29, 1.82) is 0 Å². The van der Waals surface area contributed by atoms with Gasteiger partial charge in [-0.1, -0.05) is 6.92 Å². The third kappa shape index (κ3) is 3.92. The van der Waals surface area contributed by atoms with Crippen molar-refractivity contribution >= 4 is 17.6 Å². The summed E-state index contributed by atoms with van der Waals surface area (Å²) in [6.07, 6.45) is 0.380. The average molecular weight is 451 g/mol. The van der Waals surface area contributed by atoms with Gasteiger partial charge >= 0.3 is 6.03 Å². The molecule has 0 saturated heterocycles. The lowest BCUT2D eigenvalue weighted by molar-refractivity contribution is 0.0626. The Balaban J connectivity index is 1.57. The normalized spacial score (nSPS) is 19.3. The average Bonchev–Trinajstić information content (AvgIpc) is 3.06. The van der Waals surface area contributed by atoms with E-state index >= 15 is 0 Å². The second kappa shape index (κ2) is 8.45. The molecule has 2 atom stereocenters. The maximum absolute atomic E-state index is 13.5. The summed E-state index contributed by atoms with van der Waals surface area (Å²) < 4.78 is 41.7. The van der Waals surface area contributed by atoms with Gasteiger partial charge in [0.2, 0.25) is 0 Å². The van der Waals surface area contributed by atoms with Gasteiger partial charge < -0.3 is 20.2 Å². The van der Waals surface area contributed by atoms with Crippen LogP contribution in [0.25, 0.3) is 0 Å². The number of aliphatic hydroxyl groups is 1. The summed E-state index contributed by atoms with van der Waals surface area (Å²) in [5.74, 6) is -4.82. The number of nitrogens with zero attached hydrogens (tertiary/aromatic N) is 4. The highest BCUT2D eigenvalue weighted by molar-refractivity contribution is 5.95. The highest BCUT2D eigenvalue weighted by atomic mass is 19.2. The van der Waals surface area contributed by atoms with E-state index in [0.717, 1.165) is 0 Å². The van der Waals surface area contributed by atoms with Crippen LogP contribution in [0, 0.1) is 23.4 Å². The monoisotopic (exact) mass is 451 g/mol. The number of rotatable bonds is 3. The molecule has 0 saturated carbocycles. The molecule has 0 radical (unpaired) electrons. The van der Waals surface area contributed by atoms with Gasteiger partial charge in [-0.15, -0.1) is 0 Å². The molecule has 32 heavy (non-hydrogen) atoms. The molecule has 2 N–H and O–H groups in total. The number of anilines is 1. The molecule has 0 fully saturated rings. The molecule has 0 bridgehead atoms. The lowest BCUT2D eigenvalue weighted by Gasteiger charge is -2.27. The summed E-state index contributed by atoms with van der Waals surface area (Å²) in [4.78, 5) is 28.7. The summed E-state index contributed by atoms with van der Waals surface area (Å²) in [5, 5.41) is 17.3. The number of hydrogen-bond acceptors (Lipinski definition) is 4. The fraction of sp³-hybridized carbons (Fsp3) is 0.476. The van der Waals surface area contributed by atoms with Crippen LogP contribution in [0.4, 0.5) is 23.7 Å².